The van der Waals surface area contributed by atoms with Crippen molar-refractivity contribution in [2.75, 3.05) is 26.3 Å². The van der Waals surface area contributed by atoms with E-state index in [0.717, 1.165) is 0 Å². The molecule has 1 amide bonds. The third kappa shape index (κ3) is 3.95. The molecule has 0 bridgehead atoms. The van der Waals surface area contributed by atoms with Crippen molar-refractivity contribution in [3.05, 3.63) is 29.8 Å². The van der Waals surface area contributed by atoms with Crippen LogP contribution in [0.5, 0.6) is 5.75 Å². The Labute approximate surface area is 123 Å². The molecule has 21 heavy (non-hydrogen) atoms. The van der Waals surface area contributed by atoms with E-state index in [1.165, 1.54) is 0 Å². The van der Waals surface area contributed by atoms with Gasteiger partial charge in [0.15, 0.2) is 0 Å². The first-order valence-corrected chi connectivity index (χ1v) is 6.96. The van der Waals surface area contributed by atoms with Gasteiger partial charge in [-0.3, -0.25) is 9.59 Å². The van der Waals surface area contributed by atoms with Gasteiger partial charge in [-0.15, -0.1) is 0 Å². The second kappa shape index (κ2) is 7.08. The smallest absolute Gasteiger partial charge is 0.306 e. The molecule has 6 nitrogen and oxygen atoms in total. The van der Waals surface area contributed by atoms with Crippen LogP contribution in [0.4, 0.5) is 0 Å². The van der Waals surface area contributed by atoms with Gasteiger partial charge < -0.3 is 19.5 Å². The number of hydrogen-bond acceptors (Lipinski definition) is 4. The lowest BCUT2D eigenvalue weighted by molar-refractivity contribution is -0.141. The molecule has 0 aliphatic carbocycles. The minimum atomic E-state index is -0.927. The van der Waals surface area contributed by atoms with Gasteiger partial charge in [-0.05, 0) is 19.1 Å². The van der Waals surface area contributed by atoms with Crippen LogP contribution in [0.2, 0.25) is 0 Å². The first kappa shape index (κ1) is 15.3. The maximum atomic E-state index is 12.6. The maximum absolute atomic E-state index is 12.6. The molecule has 1 fully saturated rings. The molecule has 1 aliphatic rings. The predicted molar refractivity (Wildman–Crippen MR) is 75.5 cm³/mol. The molecule has 1 N–H and O–H groups in total. The molecular weight excluding hydrogens is 274 g/mol. The zero-order valence-electron chi connectivity index (χ0n) is 11.9. The van der Waals surface area contributed by atoms with E-state index in [4.69, 9.17) is 14.6 Å². The molecule has 114 valence electrons. The Morgan fingerprint density at radius 1 is 1.43 bits per heavy atom. The van der Waals surface area contributed by atoms with Crippen molar-refractivity contribution in [3.8, 4) is 5.75 Å². The quantitative estimate of drug-likeness (QED) is 0.888. The van der Waals surface area contributed by atoms with E-state index < -0.39 is 12.1 Å². The van der Waals surface area contributed by atoms with Gasteiger partial charge in [0.25, 0.3) is 5.91 Å². The standard InChI is InChI=1S/C15H19NO5/c1-2-20-13-6-4-3-5-12(13)15(19)16-7-8-21-11(10-16)9-14(17)18/h3-6,11H,2,7-10H2,1H3,(H,17,18). The van der Waals surface area contributed by atoms with Gasteiger partial charge in [0.05, 0.1) is 31.3 Å². The summed E-state index contributed by atoms with van der Waals surface area (Å²) in [6.45, 7) is 3.43. The van der Waals surface area contributed by atoms with Crippen molar-refractivity contribution in [2.24, 2.45) is 0 Å². The lowest BCUT2D eigenvalue weighted by Gasteiger charge is -2.32. The second-order valence-electron chi connectivity index (χ2n) is 4.77. The number of morpholine rings is 1. The van der Waals surface area contributed by atoms with Crippen molar-refractivity contribution < 1.29 is 24.2 Å². The Kier molecular flexibility index (Phi) is 5.16. The van der Waals surface area contributed by atoms with Gasteiger partial charge in [0.1, 0.15) is 5.75 Å². The normalized spacial score (nSPS) is 18.3. The predicted octanol–water partition coefficient (Wildman–Crippen LogP) is 1.40. The lowest BCUT2D eigenvalue weighted by atomic mass is 10.1. The number of ether oxygens (including phenoxy) is 2. The average molecular weight is 293 g/mol. The fourth-order valence-corrected chi connectivity index (χ4v) is 2.32. The van der Waals surface area contributed by atoms with Gasteiger partial charge in [0, 0.05) is 13.1 Å². The van der Waals surface area contributed by atoms with Crippen LogP contribution in [0.3, 0.4) is 0 Å². The number of carbonyl (C=O) groups excluding carboxylic acids is 1. The summed E-state index contributed by atoms with van der Waals surface area (Å²) < 4.78 is 10.8. The third-order valence-electron chi connectivity index (χ3n) is 3.25. The highest BCUT2D eigenvalue weighted by molar-refractivity contribution is 5.97. The van der Waals surface area contributed by atoms with E-state index in [9.17, 15) is 9.59 Å². The first-order valence-electron chi connectivity index (χ1n) is 6.96. The van der Waals surface area contributed by atoms with E-state index in [2.05, 4.69) is 0 Å². The van der Waals surface area contributed by atoms with Crippen LogP contribution in [0.15, 0.2) is 24.3 Å². The number of rotatable bonds is 5. The van der Waals surface area contributed by atoms with E-state index in [1.807, 2.05) is 13.0 Å². The molecule has 0 aromatic heterocycles. The maximum Gasteiger partial charge on any atom is 0.306 e. The minimum absolute atomic E-state index is 0.100. The summed E-state index contributed by atoms with van der Waals surface area (Å²) in [4.78, 5) is 24.9. The SMILES string of the molecule is CCOc1ccccc1C(=O)N1CCOC(CC(=O)O)C1. The number of carboxylic acid groups (broad SMARTS) is 1. The van der Waals surface area contributed by atoms with Crippen LogP contribution in [0.1, 0.15) is 23.7 Å². The van der Waals surface area contributed by atoms with Gasteiger partial charge in [-0.25, -0.2) is 0 Å². The van der Waals surface area contributed by atoms with E-state index in [0.29, 0.717) is 31.1 Å². The number of carbonyl (C=O) groups is 2. The Bertz CT molecular complexity index is 517. The summed E-state index contributed by atoms with van der Waals surface area (Å²) in [5.41, 5.74) is 0.496. The number of carboxylic acids is 1. The molecule has 1 aliphatic heterocycles. The van der Waals surface area contributed by atoms with Gasteiger partial charge in [0.2, 0.25) is 0 Å². The molecule has 1 aromatic rings. The van der Waals surface area contributed by atoms with Crippen LogP contribution in [0, 0.1) is 0 Å². The number of aliphatic carboxylic acids is 1. The van der Waals surface area contributed by atoms with Crippen LogP contribution < -0.4 is 4.74 Å². The molecule has 0 spiro atoms. The molecule has 1 atom stereocenters. The summed E-state index contributed by atoms with van der Waals surface area (Å²) in [5.74, 6) is -0.534. The monoisotopic (exact) mass is 293 g/mol. The van der Waals surface area contributed by atoms with Crippen molar-refractivity contribution >= 4 is 11.9 Å². The van der Waals surface area contributed by atoms with E-state index in [-0.39, 0.29) is 18.9 Å². The molecule has 1 saturated heterocycles. The van der Waals surface area contributed by atoms with Crippen molar-refractivity contribution in [1.82, 2.24) is 4.90 Å². The second-order valence-corrected chi connectivity index (χ2v) is 4.77. The summed E-state index contributed by atoms with van der Waals surface area (Å²) in [6, 6.07) is 7.07. The van der Waals surface area contributed by atoms with Gasteiger partial charge in [-0.2, -0.15) is 0 Å². The van der Waals surface area contributed by atoms with Crippen molar-refractivity contribution in [3.63, 3.8) is 0 Å². The minimum Gasteiger partial charge on any atom is -0.493 e. The fourth-order valence-electron chi connectivity index (χ4n) is 2.32. The molecule has 1 heterocycles. The van der Waals surface area contributed by atoms with Crippen LogP contribution in [0.25, 0.3) is 0 Å². The van der Waals surface area contributed by atoms with Crippen LogP contribution in [-0.4, -0.2) is 54.3 Å². The molecule has 6 heteroatoms. The Morgan fingerprint density at radius 2 is 2.19 bits per heavy atom. The summed E-state index contributed by atoms with van der Waals surface area (Å²) >= 11 is 0. The molecule has 0 saturated carbocycles. The van der Waals surface area contributed by atoms with Crippen molar-refractivity contribution in [2.45, 2.75) is 19.4 Å². The van der Waals surface area contributed by atoms with E-state index >= 15 is 0 Å². The Hall–Kier alpha value is -2.08. The zero-order valence-corrected chi connectivity index (χ0v) is 11.9. The number of amides is 1. The lowest BCUT2D eigenvalue weighted by Crippen LogP contribution is -2.46. The van der Waals surface area contributed by atoms with Crippen LogP contribution >= 0.6 is 0 Å². The number of benzene rings is 1. The van der Waals surface area contributed by atoms with Gasteiger partial charge >= 0.3 is 5.97 Å². The third-order valence-corrected chi connectivity index (χ3v) is 3.25. The zero-order chi connectivity index (χ0) is 15.2. The summed E-state index contributed by atoms with van der Waals surface area (Å²) in [5, 5.41) is 8.82. The highest BCUT2D eigenvalue weighted by Gasteiger charge is 2.27. The first-order chi connectivity index (χ1) is 10.1. The topological polar surface area (TPSA) is 76.1 Å². The molecular formula is C15H19NO5. The number of hydrogen-bond donors (Lipinski definition) is 1. The molecule has 0 radical (unpaired) electrons. The largest absolute Gasteiger partial charge is 0.493 e. The molecule has 2 rings (SSSR count). The van der Waals surface area contributed by atoms with Crippen LogP contribution in [-0.2, 0) is 9.53 Å². The number of para-hydroxylation sites is 1. The number of nitrogens with zero attached hydrogens (tertiary/aromatic N) is 1. The average Bonchev–Trinajstić information content (AvgIpc) is 2.47. The Morgan fingerprint density at radius 3 is 2.90 bits per heavy atom. The summed E-state index contributed by atoms with van der Waals surface area (Å²) in [6.07, 6.45) is -0.559. The highest BCUT2D eigenvalue weighted by atomic mass is 16.5. The molecule has 1 unspecified atom stereocenters. The highest BCUT2D eigenvalue weighted by Crippen LogP contribution is 2.21. The van der Waals surface area contributed by atoms with E-state index in [1.54, 1.807) is 23.1 Å². The fraction of sp³-hybridized carbons (Fsp3) is 0.467. The molecule has 1 aromatic carbocycles. The Balaban J connectivity index is 2.10. The summed E-state index contributed by atoms with van der Waals surface area (Å²) in [7, 11) is 0. The van der Waals surface area contributed by atoms with Gasteiger partial charge in [-0.1, -0.05) is 12.1 Å². The van der Waals surface area contributed by atoms with Crippen molar-refractivity contribution in [1.29, 1.82) is 0 Å².